The van der Waals surface area contributed by atoms with E-state index in [0.29, 0.717) is 6.54 Å². The zero-order valence-corrected chi connectivity index (χ0v) is 15.2. The summed E-state index contributed by atoms with van der Waals surface area (Å²) in [5.74, 6) is 0.340. The Morgan fingerprint density at radius 2 is 1.67 bits per heavy atom. The number of hydrogen-bond donors (Lipinski definition) is 3. The zero-order chi connectivity index (χ0) is 18.6. The molecule has 0 atom stereocenters. The lowest BCUT2D eigenvalue weighted by molar-refractivity contribution is -0.892. The molecule has 0 bridgehead atoms. The fraction of sp³-hybridized carbons (Fsp3) is 0.227. The number of piperazine rings is 1. The van der Waals surface area contributed by atoms with Gasteiger partial charge in [-0.1, -0.05) is 30.3 Å². The van der Waals surface area contributed by atoms with Gasteiger partial charge in [0, 0.05) is 11.4 Å². The molecular weight excluding hydrogens is 338 g/mol. The van der Waals surface area contributed by atoms with Gasteiger partial charge in [-0.3, -0.25) is 4.79 Å². The number of rotatable bonds is 4. The summed E-state index contributed by atoms with van der Waals surface area (Å²) in [5.41, 5.74) is 1.97. The molecule has 0 spiro atoms. The lowest BCUT2D eigenvalue weighted by Gasteiger charge is -2.33. The number of benzene rings is 3. The average Bonchev–Trinajstić information content (AvgIpc) is 2.69. The minimum absolute atomic E-state index is 0.0540. The second kappa shape index (κ2) is 7.68. The largest absolute Gasteiger partial charge is 0.508 e. The first-order chi connectivity index (χ1) is 13.2. The van der Waals surface area contributed by atoms with Crippen LogP contribution in [0.25, 0.3) is 10.8 Å². The number of carbonyl (C=O) groups is 1. The lowest BCUT2D eigenvalue weighted by Crippen LogP contribution is -3.15. The number of anilines is 2. The Morgan fingerprint density at radius 1 is 0.963 bits per heavy atom. The lowest BCUT2D eigenvalue weighted by atomic mass is 10.1. The molecule has 0 aliphatic carbocycles. The molecule has 1 saturated heterocycles. The summed E-state index contributed by atoms with van der Waals surface area (Å²) in [6.45, 7) is 4.14. The predicted octanol–water partition coefficient (Wildman–Crippen LogP) is 1.89. The summed E-state index contributed by atoms with van der Waals surface area (Å²) >= 11 is 0. The third kappa shape index (κ3) is 4.20. The topological polar surface area (TPSA) is 57.0 Å². The molecule has 0 radical (unpaired) electrons. The van der Waals surface area contributed by atoms with Gasteiger partial charge in [-0.05, 0) is 47.2 Å². The second-order valence-electron chi connectivity index (χ2n) is 7.04. The highest BCUT2D eigenvalue weighted by Crippen LogP contribution is 2.19. The van der Waals surface area contributed by atoms with Crippen molar-refractivity contribution in [3.8, 4) is 5.75 Å². The van der Waals surface area contributed by atoms with E-state index in [9.17, 15) is 9.90 Å². The fourth-order valence-electron chi connectivity index (χ4n) is 3.62. The molecule has 1 amide bonds. The Balaban J connectivity index is 1.30. The van der Waals surface area contributed by atoms with Crippen LogP contribution >= 0.6 is 0 Å². The fourth-order valence-corrected chi connectivity index (χ4v) is 3.62. The number of aromatic hydroxyl groups is 1. The summed E-state index contributed by atoms with van der Waals surface area (Å²) in [7, 11) is 0. The molecule has 1 aliphatic heterocycles. The maximum atomic E-state index is 12.4. The minimum atomic E-state index is 0.0540. The van der Waals surface area contributed by atoms with E-state index in [2.05, 4.69) is 22.3 Å². The van der Waals surface area contributed by atoms with Gasteiger partial charge in [-0.25, -0.2) is 0 Å². The van der Waals surface area contributed by atoms with Crippen LogP contribution in [-0.4, -0.2) is 43.7 Å². The number of phenols is 1. The van der Waals surface area contributed by atoms with Crippen molar-refractivity contribution in [3.05, 3.63) is 66.7 Å². The first-order valence-electron chi connectivity index (χ1n) is 9.33. The van der Waals surface area contributed by atoms with Crippen LogP contribution < -0.4 is 15.1 Å². The quantitative estimate of drug-likeness (QED) is 0.664. The molecule has 0 aromatic heterocycles. The van der Waals surface area contributed by atoms with Gasteiger partial charge in [0.15, 0.2) is 6.54 Å². The van der Waals surface area contributed by atoms with Crippen LogP contribution in [0.5, 0.6) is 5.75 Å². The van der Waals surface area contributed by atoms with Crippen molar-refractivity contribution in [1.82, 2.24) is 0 Å². The Labute approximate surface area is 158 Å². The van der Waals surface area contributed by atoms with Crippen molar-refractivity contribution >= 4 is 28.1 Å². The van der Waals surface area contributed by atoms with Crippen LogP contribution in [0.1, 0.15) is 0 Å². The van der Waals surface area contributed by atoms with E-state index in [4.69, 9.17) is 0 Å². The number of hydrogen-bond acceptors (Lipinski definition) is 3. The van der Waals surface area contributed by atoms with Crippen LogP contribution in [0.15, 0.2) is 66.7 Å². The molecule has 0 unspecified atom stereocenters. The molecule has 3 aromatic rings. The average molecular weight is 362 g/mol. The molecule has 0 saturated carbocycles. The van der Waals surface area contributed by atoms with Crippen molar-refractivity contribution in [1.29, 1.82) is 0 Å². The number of quaternary nitrogens is 1. The number of carbonyl (C=O) groups excluding carboxylic acids is 1. The SMILES string of the molecule is O=C(C[NH+]1CCN(c2ccc(O)cc2)CC1)Nc1ccc2ccccc2c1. The van der Waals surface area contributed by atoms with Gasteiger partial charge >= 0.3 is 0 Å². The number of nitrogens with one attached hydrogen (secondary N) is 2. The summed E-state index contributed by atoms with van der Waals surface area (Å²) in [6.07, 6.45) is 0. The van der Waals surface area contributed by atoms with Gasteiger partial charge in [0.05, 0.1) is 26.2 Å². The van der Waals surface area contributed by atoms with Crippen LogP contribution in [0.2, 0.25) is 0 Å². The zero-order valence-electron chi connectivity index (χ0n) is 15.2. The van der Waals surface area contributed by atoms with Gasteiger partial charge < -0.3 is 20.2 Å². The smallest absolute Gasteiger partial charge is 0.279 e. The Kier molecular flexibility index (Phi) is 4.94. The highest BCUT2D eigenvalue weighted by atomic mass is 16.3. The van der Waals surface area contributed by atoms with Gasteiger partial charge in [0.2, 0.25) is 0 Å². The van der Waals surface area contributed by atoms with E-state index in [1.54, 1.807) is 12.1 Å². The van der Waals surface area contributed by atoms with Gasteiger partial charge in [0.25, 0.3) is 5.91 Å². The van der Waals surface area contributed by atoms with Gasteiger partial charge in [-0.2, -0.15) is 0 Å². The standard InChI is InChI=1S/C22H23N3O2/c26-21-9-7-20(8-10-21)25-13-11-24(12-14-25)16-22(27)23-19-6-5-17-3-1-2-4-18(17)15-19/h1-10,15,26H,11-14,16H2,(H,23,27)/p+1. The van der Waals surface area contributed by atoms with Crippen LogP contribution in [0, 0.1) is 0 Å². The molecule has 1 heterocycles. The first-order valence-corrected chi connectivity index (χ1v) is 9.33. The molecule has 3 aromatic carbocycles. The van der Waals surface area contributed by atoms with Gasteiger partial charge in [0.1, 0.15) is 5.75 Å². The maximum Gasteiger partial charge on any atom is 0.279 e. The Bertz CT molecular complexity index is 932. The molecule has 1 aliphatic rings. The van der Waals surface area contributed by atoms with Crippen LogP contribution in [0.3, 0.4) is 0 Å². The number of amides is 1. The number of nitrogens with zero attached hydrogens (tertiary/aromatic N) is 1. The minimum Gasteiger partial charge on any atom is -0.508 e. The van der Waals surface area contributed by atoms with Crippen molar-refractivity contribution < 1.29 is 14.8 Å². The number of phenolic OH excluding ortho intramolecular Hbond substituents is 1. The Hall–Kier alpha value is -3.05. The first kappa shape index (κ1) is 17.4. The molecule has 3 N–H and O–H groups in total. The van der Waals surface area contributed by atoms with Crippen molar-refractivity contribution in [2.24, 2.45) is 0 Å². The summed E-state index contributed by atoms with van der Waals surface area (Å²) in [6, 6.07) is 21.5. The van der Waals surface area contributed by atoms with Gasteiger partial charge in [-0.15, -0.1) is 0 Å². The van der Waals surface area contributed by atoms with E-state index >= 15 is 0 Å². The highest BCUT2D eigenvalue weighted by molar-refractivity contribution is 5.94. The molecule has 27 heavy (non-hydrogen) atoms. The molecule has 5 nitrogen and oxygen atoms in total. The summed E-state index contributed by atoms with van der Waals surface area (Å²) in [5, 5.41) is 14.7. The number of fused-ring (bicyclic) bond motifs is 1. The maximum absolute atomic E-state index is 12.4. The molecule has 138 valence electrons. The second-order valence-corrected chi connectivity index (χ2v) is 7.04. The van der Waals surface area contributed by atoms with E-state index in [-0.39, 0.29) is 11.7 Å². The van der Waals surface area contributed by atoms with Crippen LogP contribution in [-0.2, 0) is 4.79 Å². The molecule has 5 heteroatoms. The van der Waals surface area contributed by atoms with E-state index in [0.717, 1.165) is 42.9 Å². The predicted molar refractivity (Wildman–Crippen MR) is 108 cm³/mol. The Morgan fingerprint density at radius 3 is 2.41 bits per heavy atom. The van der Waals surface area contributed by atoms with Crippen molar-refractivity contribution in [2.75, 3.05) is 42.9 Å². The molecule has 1 fully saturated rings. The summed E-state index contributed by atoms with van der Waals surface area (Å²) in [4.78, 5) is 16.0. The normalized spacial score (nSPS) is 15.0. The van der Waals surface area contributed by atoms with E-state index < -0.39 is 0 Å². The monoisotopic (exact) mass is 362 g/mol. The highest BCUT2D eigenvalue weighted by Gasteiger charge is 2.22. The van der Waals surface area contributed by atoms with Crippen molar-refractivity contribution in [3.63, 3.8) is 0 Å². The summed E-state index contributed by atoms with van der Waals surface area (Å²) < 4.78 is 0. The molecular formula is C22H24N3O2+. The third-order valence-electron chi connectivity index (χ3n) is 5.13. The molecule has 4 rings (SSSR count). The third-order valence-corrected chi connectivity index (χ3v) is 5.13. The van der Waals surface area contributed by atoms with E-state index in [1.807, 2.05) is 42.5 Å². The van der Waals surface area contributed by atoms with Crippen LogP contribution in [0.4, 0.5) is 11.4 Å². The van der Waals surface area contributed by atoms with Crippen molar-refractivity contribution in [2.45, 2.75) is 0 Å². The van der Waals surface area contributed by atoms with E-state index in [1.165, 1.54) is 10.3 Å².